The van der Waals surface area contributed by atoms with Gasteiger partial charge >= 0.3 is 0 Å². The van der Waals surface area contributed by atoms with Crippen molar-refractivity contribution in [1.29, 1.82) is 0 Å². The maximum atomic E-state index is 5.44. The minimum absolute atomic E-state index is 0.305. The zero-order chi connectivity index (χ0) is 21.1. The number of nitrogens with zero attached hydrogens (tertiary/aromatic N) is 1. The minimum atomic E-state index is 0.305. The van der Waals surface area contributed by atoms with Crippen molar-refractivity contribution >= 4 is 5.96 Å². The van der Waals surface area contributed by atoms with Crippen LogP contribution in [0.5, 0.6) is 5.75 Å². The topological polar surface area (TPSA) is 68.0 Å². The first-order chi connectivity index (χ1) is 14.7. The van der Waals surface area contributed by atoms with E-state index in [0.717, 1.165) is 55.6 Å². The van der Waals surface area contributed by atoms with Gasteiger partial charge in [-0.15, -0.1) is 0 Å². The third kappa shape index (κ3) is 6.80. The quantitative estimate of drug-likeness (QED) is 0.428. The number of nitrogens with one attached hydrogen (secondary N) is 2. The van der Waals surface area contributed by atoms with E-state index in [-0.39, 0.29) is 0 Å². The Labute approximate surface area is 180 Å². The molecule has 6 nitrogen and oxygen atoms in total. The molecule has 1 saturated carbocycles. The summed E-state index contributed by atoms with van der Waals surface area (Å²) in [6.45, 7) is 3.12. The Morgan fingerprint density at radius 3 is 2.57 bits per heavy atom. The maximum absolute atomic E-state index is 5.44. The maximum Gasteiger partial charge on any atom is 0.191 e. The van der Waals surface area contributed by atoms with Crippen LogP contribution in [0.2, 0.25) is 0 Å². The van der Waals surface area contributed by atoms with Crippen LogP contribution in [0.15, 0.2) is 52.1 Å². The molecule has 0 unspecified atom stereocenters. The second kappa shape index (κ2) is 11.6. The fourth-order valence-corrected chi connectivity index (χ4v) is 4.06. The van der Waals surface area contributed by atoms with Gasteiger partial charge < -0.3 is 24.5 Å². The zero-order valence-corrected chi connectivity index (χ0v) is 18.3. The highest BCUT2D eigenvalue weighted by Gasteiger charge is 2.33. The second-order valence-corrected chi connectivity index (χ2v) is 8.07. The number of rotatable bonds is 11. The average molecular weight is 414 g/mol. The van der Waals surface area contributed by atoms with Gasteiger partial charge in [0.15, 0.2) is 5.96 Å². The van der Waals surface area contributed by atoms with Crippen LogP contribution < -0.4 is 15.4 Å². The van der Waals surface area contributed by atoms with Crippen LogP contribution in [-0.2, 0) is 17.7 Å². The number of furan rings is 1. The van der Waals surface area contributed by atoms with E-state index in [1.165, 1.54) is 25.7 Å². The number of ether oxygens (including phenoxy) is 2. The summed E-state index contributed by atoms with van der Waals surface area (Å²) >= 11 is 0. The molecule has 1 heterocycles. The molecule has 2 aromatic rings. The predicted octanol–water partition coefficient (Wildman–Crippen LogP) is 4.16. The first-order valence-electron chi connectivity index (χ1n) is 10.9. The minimum Gasteiger partial charge on any atom is -0.497 e. The van der Waals surface area contributed by atoms with E-state index < -0.39 is 0 Å². The number of methoxy groups -OCH3 is 2. The Morgan fingerprint density at radius 1 is 1.10 bits per heavy atom. The molecule has 0 radical (unpaired) electrons. The molecule has 1 aliphatic carbocycles. The number of hydrogen-bond donors (Lipinski definition) is 2. The molecular weight excluding hydrogens is 378 g/mol. The second-order valence-electron chi connectivity index (χ2n) is 8.07. The molecule has 0 bridgehead atoms. The molecule has 2 N–H and O–H groups in total. The molecule has 1 aromatic carbocycles. The molecule has 0 atom stereocenters. The predicted molar refractivity (Wildman–Crippen MR) is 120 cm³/mol. The lowest BCUT2D eigenvalue weighted by atomic mass is 9.83. The lowest BCUT2D eigenvalue weighted by Crippen LogP contribution is -2.44. The summed E-state index contributed by atoms with van der Waals surface area (Å²) in [7, 11) is 3.47. The van der Waals surface area contributed by atoms with Crippen molar-refractivity contribution in [3.8, 4) is 5.75 Å². The van der Waals surface area contributed by atoms with E-state index >= 15 is 0 Å². The van der Waals surface area contributed by atoms with Crippen molar-refractivity contribution in [3.63, 3.8) is 0 Å². The smallest absolute Gasteiger partial charge is 0.191 e. The molecular formula is C24H35N3O3. The Hall–Kier alpha value is -2.47. The van der Waals surface area contributed by atoms with Crippen LogP contribution in [0.1, 0.15) is 43.4 Å². The van der Waals surface area contributed by atoms with E-state index in [2.05, 4.69) is 22.8 Å². The van der Waals surface area contributed by atoms with Crippen LogP contribution in [0, 0.1) is 5.41 Å². The largest absolute Gasteiger partial charge is 0.497 e. The summed E-state index contributed by atoms with van der Waals surface area (Å²) in [5.74, 6) is 2.68. The van der Waals surface area contributed by atoms with Crippen molar-refractivity contribution in [2.75, 3.05) is 33.9 Å². The lowest BCUT2D eigenvalue weighted by molar-refractivity contribution is 0.138. The molecule has 0 saturated heterocycles. The monoisotopic (exact) mass is 413 g/mol. The highest BCUT2D eigenvalue weighted by Crippen LogP contribution is 2.40. The molecule has 3 rings (SSSR count). The third-order valence-corrected chi connectivity index (χ3v) is 5.95. The van der Waals surface area contributed by atoms with E-state index in [4.69, 9.17) is 18.9 Å². The highest BCUT2D eigenvalue weighted by atomic mass is 16.5. The van der Waals surface area contributed by atoms with Gasteiger partial charge in [-0.25, -0.2) is 4.99 Å². The van der Waals surface area contributed by atoms with E-state index in [0.29, 0.717) is 12.0 Å². The summed E-state index contributed by atoms with van der Waals surface area (Å²) in [5.41, 5.74) is 1.46. The Morgan fingerprint density at radius 2 is 1.90 bits per heavy atom. The summed E-state index contributed by atoms with van der Waals surface area (Å²) in [4.78, 5) is 4.83. The van der Waals surface area contributed by atoms with Gasteiger partial charge in [0.2, 0.25) is 0 Å². The van der Waals surface area contributed by atoms with Crippen LogP contribution >= 0.6 is 0 Å². The van der Waals surface area contributed by atoms with E-state index in [9.17, 15) is 0 Å². The van der Waals surface area contributed by atoms with Crippen molar-refractivity contribution < 1.29 is 13.9 Å². The molecule has 1 aromatic heterocycles. The fraction of sp³-hybridized carbons (Fsp3) is 0.542. The van der Waals surface area contributed by atoms with Gasteiger partial charge in [-0.1, -0.05) is 25.0 Å². The zero-order valence-electron chi connectivity index (χ0n) is 18.3. The first kappa shape index (κ1) is 22.2. The summed E-state index contributed by atoms with van der Waals surface area (Å²) in [6, 6.07) is 12.0. The fourth-order valence-electron chi connectivity index (χ4n) is 4.06. The summed E-state index contributed by atoms with van der Waals surface area (Å²) < 4.78 is 16.1. The van der Waals surface area contributed by atoms with E-state index in [1.807, 2.05) is 24.3 Å². The van der Waals surface area contributed by atoms with Gasteiger partial charge in [0, 0.05) is 33.2 Å². The van der Waals surface area contributed by atoms with Crippen molar-refractivity contribution in [1.82, 2.24) is 10.6 Å². The molecule has 1 aliphatic rings. The molecule has 0 amide bonds. The van der Waals surface area contributed by atoms with Crippen LogP contribution in [0.3, 0.4) is 0 Å². The van der Waals surface area contributed by atoms with Crippen LogP contribution in [-0.4, -0.2) is 39.9 Å². The molecule has 0 spiro atoms. The summed E-state index contributed by atoms with van der Waals surface area (Å²) in [6.07, 6.45) is 8.74. The van der Waals surface area contributed by atoms with Crippen molar-refractivity contribution in [2.24, 2.45) is 10.4 Å². The van der Waals surface area contributed by atoms with Gasteiger partial charge in [0.25, 0.3) is 0 Å². The highest BCUT2D eigenvalue weighted by molar-refractivity contribution is 5.79. The number of benzene rings is 1. The standard InChI is InChI=1S/C24H35N3O3/c1-28-17-14-24(12-3-4-13-24)19-27-23(25-15-11-22-6-5-16-30-22)26-18-20-7-9-21(29-2)10-8-20/h5-10,16H,3-4,11-15,17-19H2,1-2H3,(H2,25,26,27). The average Bonchev–Trinajstić information content (AvgIpc) is 3.47. The Bertz CT molecular complexity index is 751. The Kier molecular flexibility index (Phi) is 8.63. The molecule has 1 fully saturated rings. The lowest BCUT2D eigenvalue weighted by Gasteiger charge is -2.30. The van der Waals surface area contributed by atoms with Crippen molar-refractivity contribution in [3.05, 3.63) is 54.0 Å². The van der Waals surface area contributed by atoms with Crippen LogP contribution in [0.4, 0.5) is 0 Å². The molecule has 0 aliphatic heterocycles. The van der Waals surface area contributed by atoms with E-state index in [1.54, 1.807) is 20.5 Å². The number of guanidine groups is 1. The van der Waals surface area contributed by atoms with Crippen molar-refractivity contribution in [2.45, 2.75) is 45.1 Å². The van der Waals surface area contributed by atoms with Gasteiger partial charge in [0.05, 0.1) is 19.9 Å². The van der Waals surface area contributed by atoms with Gasteiger partial charge in [0.1, 0.15) is 11.5 Å². The number of hydrogen-bond acceptors (Lipinski definition) is 4. The normalized spacial score (nSPS) is 15.9. The van der Waals surface area contributed by atoms with Gasteiger partial charge in [-0.05, 0) is 54.5 Å². The first-order valence-corrected chi connectivity index (χ1v) is 10.9. The number of aliphatic imine (C=N–C) groups is 1. The van der Waals surface area contributed by atoms with Gasteiger partial charge in [-0.2, -0.15) is 0 Å². The van der Waals surface area contributed by atoms with Gasteiger partial charge in [-0.3, -0.25) is 0 Å². The molecule has 30 heavy (non-hydrogen) atoms. The van der Waals surface area contributed by atoms with Crippen LogP contribution in [0.25, 0.3) is 0 Å². The third-order valence-electron chi connectivity index (χ3n) is 5.95. The SMILES string of the molecule is COCCC1(CNC(=NCc2ccc(OC)cc2)NCCc2ccco2)CCCC1. The Balaban J connectivity index is 1.61. The molecule has 6 heteroatoms. The molecule has 164 valence electrons. The summed E-state index contributed by atoms with van der Waals surface area (Å²) in [5, 5.41) is 7.08.